The van der Waals surface area contributed by atoms with Crippen molar-refractivity contribution in [1.82, 2.24) is 0 Å². The van der Waals surface area contributed by atoms with Crippen LogP contribution in [0.4, 0.5) is 15.8 Å². The van der Waals surface area contributed by atoms with Crippen LogP contribution in [0.1, 0.15) is 33.6 Å². The molecule has 4 nitrogen and oxygen atoms in total. The number of ether oxygens (including phenoxy) is 1. The summed E-state index contributed by atoms with van der Waals surface area (Å²) in [4.78, 5) is 11.9. The molecule has 1 atom stereocenters. The number of methoxy groups -OCH3 is 1. The molecule has 2 rings (SSSR count). The Morgan fingerprint density at radius 3 is 2.65 bits per heavy atom. The molecule has 1 aromatic rings. The first-order valence-electron chi connectivity index (χ1n) is 6.72. The van der Waals surface area contributed by atoms with Gasteiger partial charge in [0.15, 0.2) is 11.6 Å². The van der Waals surface area contributed by atoms with Crippen LogP contribution in [0.25, 0.3) is 0 Å². The predicted octanol–water partition coefficient (Wildman–Crippen LogP) is 3.39. The summed E-state index contributed by atoms with van der Waals surface area (Å²) in [7, 11) is 1.42. The lowest BCUT2D eigenvalue weighted by atomic mass is 9.87. The standard InChI is InChI=1S/C15H21FN2O2/c1-15(2,3)8-9-5-14(19)18-11-6-10(16)13(20-4)7-12(11)17-9/h6-7,9,17H,5,8H2,1-4H3,(H,18,19). The summed E-state index contributed by atoms with van der Waals surface area (Å²) in [5.74, 6) is -0.417. The zero-order valence-electron chi connectivity index (χ0n) is 12.3. The van der Waals surface area contributed by atoms with Gasteiger partial charge < -0.3 is 15.4 Å². The molecule has 1 unspecified atom stereocenters. The van der Waals surface area contributed by atoms with Crippen LogP contribution in [0, 0.1) is 11.2 Å². The number of anilines is 2. The maximum absolute atomic E-state index is 13.7. The van der Waals surface area contributed by atoms with E-state index in [1.807, 2.05) is 0 Å². The van der Waals surface area contributed by atoms with Crippen molar-refractivity contribution in [3.8, 4) is 5.75 Å². The predicted molar refractivity (Wildman–Crippen MR) is 77.7 cm³/mol. The molecule has 0 aliphatic carbocycles. The van der Waals surface area contributed by atoms with Crippen molar-refractivity contribution >= 4 is 17.3 Å². The largest absolute Gasteiger partial charge is 0.494 e. The van der Waals surface area contributed by atoms with Gasteiger partial charge in [-0.15, -0.1) is 0 Å². The topological polar surface area (TPSA) is 50.4 Å². The first-order valence-corrected chi connectivity index (χ1v) is 6.72. The molecule has 2 N–H and O–H groups in total. The minimum absolute atomic E-state index is 0.0198. The molecule has 0 fully saturated rings. The lowest BCUT2D eigenvalue weighted by Gasteiger charge is -2.26. The van der Waals surface area contributed by atoms with Gasteiger partial charge in [0.2, 0.25) is 5.91 Å². The molecule has 0 saturated heterocycles. The van der Waals surface area contributed by atoms with Crippen LogP contribution in [0.15, 0.2) is 12.1 Å². The zero-order valence-corrected chi connectivity index (χ0v) is 12.3. The Labute approximate surface area is 118 Å². The highest BCUT2D eigenvalue weighted by Crippen LogP contribution is 2.34. The second-order valence-corrected chi connectivity index (χ2v) is 6.39. The summed E-state index contributed by atoms with van der Waals surface area (Å²) >= 11 is 0. The van der Waals surface area contributed by atoms with Gasteiger partial charge in [0.25, 0.3) is 0 Å². The third kappa shape index (κ3) is 3.40. The molecule has 20 heavy (non-hydrogen) atoms. The zero-order chi connectivity index (χ0) is 14.9. The van der Waals surface area contributed by atoms with Gasteiger partial charge in [0.1, 0.15) is 0 Å². The smallest absolute Gasteiger partial charge is 0.226 e. The number of benzene rings is 1. The number of fused-ring (bicyclic) bond motifs is 1. The van der Waals surface area contributed by atoms with Gasteiger partial charge in [-0.25, -0.2) is 4.39 Å². The van der Waals surface area contributed by atoms with Crippen LogP contribution in [0.2, 0.25) is 0 Å². The van der Waals surface area contributed by atoms with Gasteiger partial charge in [-0.1, -0.05) is 20.8 Å². The number of hydrogen-bond acceptors (Lipinski definition) is 3. The van der Waals surface area contributed by atoms with Crippen LogP contribution in [-0.4, -0.2) is 19.1 Å². The van der Waals surface area contributed by atoms with Crippen LogP contribution in [-0.2, 0) is 4.79 Å². The molecule has 110 valence electrons. The summed E-state index contributed by atoms with van der Waals surface area (Å²) in [6, 6.07) is 2.90. The van der Waals surface area contributed by atoms with E-state index in [1.165, 1.54) is 13.2 Å². The highest BCUT2D eigenvalue weighted by molar-refractivity contribution is 5.96. The average molecular weight is 280 g/mol. The van der Waals surface area contributed by atoms with Crippen LogP contribution >= 0.6 is 0 Å². The minimum atomic E-state index is -0.484. The molecule has 0 aromatic heterocycles. The molecular weight excluding hydrogens is 259 g/mol. The monoisotopic (exact) mass is 280 g/mol. The number of halogens is 1. The van der Waals surface area contributed by atoms with E-state index < -0.39 is 5.82 Å². The Morgan fingerprint density at radius 2 is 2.05 bits per heavy atom. The van der Waals surface area contributed by atoms with E-state index in [2.05, 4.69) is 31.4 Å². The van der Waals surface area contributed by atoms with Crippen LogP contribution in [0.5, 0.6) is 5.75 Å². The Morgan fingerprint density at radius 1 is 1.35 bits per heavy atom. The quantitative estimate of drug-likeness (QED) is 0.873. The highest BCUT2D eigenvalue weighted by atomic mass is 19.1. The fourth-order valence-electron chi connectivity index (χ4n) is 2.49. The van der Waals surface area contributed by atoms with Crippen molar-refractivity contribution in [1.29, 1.82) is 0 Å². The summed E-state index contributed by atoms with van der Waals surface area (Å²) in [6.45, 7) is 6.39. The molecule has 1 aliphatic rings. The molecule has 1 aromatic carbocycles. The summed E-state index contributed by atoms with van der Waals surface area (Å²) < 4.78 is 18.7. The summed E-state index contributed by atoms with van der Waals surface area (Å²) in [5.41, 5.74) is 1.26. The Bertz CT molecular complexity index is 523. The SMILES string of the molecule is COc1cc2c(cc1F)NC(=O)CC(CC(C)(C)C)N2. The lowest BCUT2D eigenvalue weighted by molar-refractivity contribution is -0.116. The fraction of sp³-hybridized carbons (Fsp3) is 0.533. The Balaban J connectivity index is 2.32. The molecule has 1 heterocycles. The highest BCUT2D eigenvalue weighted by Gasteiger charge is 2.26. The van der Waals surface area contributed by atoms with Crippen LogP contribution < -0.4 is 15.4 Å². The maximum Gasteiger partial charge on any atom is 0.226 e. The van der Waals surface area contributed by atoms with Crippen molar-refractivity contribution < 1.29 is 13.9 Å². The number of carbonyl (C=O) groups is 1. The molecule has 0 spiro atoms. The van der Waals surface area contributed by atoms with E-state index in [9.17, 15) is 9.18 Å². The van der Waals surface area contributed by atoms with Crippen molar-refractivity contribution in [3.05, 3.63) is 17.9 Å². The number of amides is 1. The molecule has 1 amide bonds. The maximum atomic E-state index is 13.7. The molecule has 1 aliphatic heterocycles. The van der Waals surface area contributed by atoms with Gasteiger partial charge in [-0.3, -0.25) is 4.79 Å². The normalized spacial score (nSPS) is 18.6. The van der Waals surface area contributed by atoms with E-state index in [-0.39, 0.29) is 23.1 Å². The minimum Gasteiger partial charge on any atom is -0.494 e. The second kappa shape index (κ2) is 5.31. The van der Waals surface area contributed by atoms with E-state index in [0.29, 0.717) is 17.8 Å². The van der Waals surface area contributed by atoms with Crippen molar-refractivity contribution in [2.75, 3.05) is 17.7 Å². The number of rotatable bonds is 2. The lowest BCUT2D eigenvalue weighted by Crippen LogP contribution is -2.27. The third-order valence-electron chi connectivity index (χ3n) is 3.22. The number of carbonyl (C=O) groups excluding carboxylic acids is 1. The van der Waals surface area contributed by atoms with E-state index >= 15 is 0 Å². The van der Waals surface area contributed by atoms with Crippen molar-refractivity contribution in [3.63, 3.8) is 0 Å². The van der Waals surface area contributed by atoms with E-state index in [1.54, 1.807) is 6.07 Å². The second-order valence-electron chi connectivity index (χ2n) is 6.39. The van der Waals surface area contributed by atoms with Gasteiger partial charge in [-0.2, -0.15) is 0 Å². The number of nitrogens with one attached hydrogen (secondary N) is 2. The molecule has 0 radical (unpaired) electrons. The molecule has 0 saturated carbocycles. The van der Waals surface area contributed by atoms with Gasteiger partial charge in [0, 0.05) is 24.6 Å². The molecule has 5 heteroatoms. The summed E-state index contributed by atoms with van der Waals surface area (Å²) in [6.07, 6.45) is 1.22. The Kier molecular flexibility index (Phi) is 3.88. The van der Waals surface area contributed by atoms with Crippen molar-refractivity contribution in [2.24, 2.45) is 5.41 Å². The molecular formula is C15H21FN2O2. The average Bonchev–Trinajstić information content (AvgIpc) is 2.43. The first-order chi connectivity index (χ1) is 9.28. The summed E-state index contributed by atoms with van der Waals surface area (Å²) in [5, 5.41) is 6.05. The third-order valence-corrected chi connectivity index (χ3v) is 3.22. The molecule has 0 bridgehead atoms. The van der Waals surface area contributed by atoms with Gasteiger partial charge in [0.05, 0.1) is 18.5 Å². The Hall–Kier alpha value is -1.78. The van der Waals surface area contributed by atoms with E-state index in [0.717, 1.165) is 6.42 Å². The fourth-order valence-corrected chi connectivity index (χ4v) is 2.49. The number of hydrogen-bond donors (Lipinski definition) is 2. The van der Waals surface area contributed by atoms with Gasteiger partial charge >= 0.3 is 0 Å². The van der Waals surface area contributed by atoms with Gasteiger partial charge in [-0.05, 0) is 11.8 Å². The van der Waals surface area contributed by atoms with Crippen molar-refractivity contribution in [2.45, 2.75) is 39.7 Å². The van der Waals surface area contributed by atoms with E-state index in [4.69, 9.17) is 4.74 Å². The van der Waals surface area contributed by atoms with Crippen LogP contribution in [0.3, 0.4) is 0 Å². The first kappa shape index (κ1) is 14.6.